The maximum Gasteiger partial charge on any atom is 0.408 e. The van der Waals surface area contributed by atoms with Gasteiger partial charge in [-0.3, -0.25) is 9.59 Å². The fourth-order valence-corrected chi connectivity index (χ4v) is 2.58. The highest BCUT2D eigenvalue weighted by atomic mass is 16.5. The van der Waals surface area contributed by atoms with Gasteiger partial charge >= 0.3 is 6.09 Å². The topological polar surface area (TPSA) is 111 Å². The van der Waals surface area contributed by atoms with Crippen molar-refractivity contribution in [3.05, 3.63) is 71.3 Å². The van der Waals surface area contributed by atoms with E-state index in [2.05, 4.69) is 10.6 Å². The van der Waals surface area contributed by atoms with Crippen molar-refractivity contribution >= 4 is 17.9 Å². The number of rotatable bonds is 9. The molecule has 0 aliphatic heterocycles. The SMILES string of the molecule is Cc1ccccc1CNC(=O)[C@H](CCC(N)=O)NC(=O)OCc1ccccc1. The number of hydrogen-bond donors (Lipinski definition) is 3. The molecule has 7 heteroatoms. The zero-order valence-electron chi connectivity index (χ0n) is 15.8. The van der Waals surface area contributed by atoms with E-state index in [1.54, 1.807) is 0 Å². The monoisotopic (exact) mass is 383 g/mol. The number of nitrogens with one attached hydrogen (secondary N) is 2. The summed E-state index contributed by atoms with van der Waals surface area (Å²) in [5, 5.41) is 5.29. The Kier molecular flexibility index (Phi) is 8.02. The Labute approximate surface area is 164 Å². The number of alkyl carbamates (subject to hydrolysis) is 1. The van der Waals surface area contributed by atoms with E-state index >= 15 is 0 Å². The van der Waals surface area contributed by atoms with Crippen molar-refractivity contribution in [1.29, 1.82) is 0 Å². The average molecular weight is 383 g/mol. The Morgan fingerprint density at radius 3 is 2.39 bits per heavy atom. The maximum absolute atomic E-state index is 12.5. The molecule has 7 nitrogen and oxygen atoms in total. The number of carbonyl (C=O) groups is 3. The van der Waals surface area contributed by atoms with Crippen LogP contribution in [0.2, 0.25) is 0 Å². The molecule has 0 aliphatic carbocycles. The van der Waals surface area contributed by atoms with E-state index in [9.17, 15) is 14.4 Å². The van der Waals surface area contributed by atoms with Crippen molar-refractivity contribution < 1.29 is 19.1 Å². The zero-order valence-corrected chi connectivity index (χ0v) is 15.8. The first kappa shape index (κ1) is 21.0. The van der Waals surface area contributed by atoms with Gasteiger partial charge in [0.25, 0.3) is 0 Å². The van der Waals surface area contributed by atoms with Crippen molar-refractivity contribution in [3.63, 3.8) is 0 Å². The van der Waals surface area contributed by atoms with Crippen LogP contribution in [0.3, 0.4) is 0 Å². The van der Waals surface area contributed by atoms with E-state index < -0.39 is 23.9 Å². The first-order valence-electron chi connectivity index (χ1n) is 9.03. The molecule has 0 saturated carbocycles. The van der Waals surface area contributed by atoms with Gasteiger partial charge in [0.2, 0.25) is 11.8 Å². The predicted molar refractivity (Wildman–Crippen MR) is 105 cm³/mol. The second-order valence-electron chi connectivity index (χ2n) is 6.41. The summed E-state index contributed by atoms with van der Waals surface area (Å²) < 4.78 is 5.15. The molecule has 0 fully saturated rings. The van der Waals surface area contributed by atoms with E-state index in [1.165, 1.54) is 0 Å². The Morgan fingerprint density at radius 1 is 1.04 bits per heavy atom. The van der Waals surface area contributed by atoms with E-state index in [0.717, 1.165) is 16.7 Å². The van der Waals surface area contributed by atoms with Crippen molar-refractivity contribution in [1.82, 2.24) is 10.6 Å². The van der Waals surface area contributed by atoms with Crippen molar-refractivity contribution in [2.24, 2.45) is 5.73 Å². The van der Waals surface area contributed by atoms with Crippen LogP contribution in [0.25, 0.3) is 0 Å². The molecule has 0 spiro atoms. The number of ether oxygens (including phenoxy) is 1. The van der Waals surface area contributed by atoms with Crippen LogP contribution in [0.5, 0.6) is 0 Å². The Bertz CT molecular complexity index is 808. The minimum absolute atomic E-state index is 0.0264. The van der Waals surface area contributed by atoms with Crippen molar-refractivity contribution in [2.75, 3.05) is 0 Å². The number of hydrogen-bond acceptors (Lipinski definition) is 4. The molecule has 0 bridgehead atoms. The first-order valence-corrected chi connectivity index (χ1v) is 9.03. The molecule has 0 radical (unpaired) electrons. The molecule has 4 N–H and O–H groups in total. The highest BCUT2D eigenvalue weighted by molar-refractivity contribution is 5.86. The summed E-state index contributed by atoms with van der Waals surface area (Å²) >= 11 is 0. The molecule has 0 aromatic heterocycles. The van der Waals surface area contributed by atoms with Crippen molar-refractivity contribution in [2.45, 2.75) is 39.0 Å². The zero-order chi connectivity index (χ0) is 20.4. The molecule has 148 valence electrons. The summed E-state index contributed by atoms with van der Waals surface area (Å²) in [6.45, 7) is 2.35. The fraction of sp³-hybridized carbons (Fsp3) is 0.286. The molecule has 1 atom stereocenters. The number of aryl methyl sites for hydroxylation is 1. The van der Waals surface area contributed by atoms with Crippen LogP contribution in [-0.2, 0) is 27.5 Å². The third kappa shape index (κ3) is 7.11. The molecule has 3 amide bonds. The van der Waals surface area contributed by atoms with E-state index in [1.807, 2.05) is 61.5 Å². The molecular weight excluding hydrogens is 358 g/mol. The van der Waals surface area contributed by atoms with Gasteiger partial charge in [0.15, 0.2) is 0 Å². The van der Waals surface area contributed by atoms with E-state index in [4.69, 9.17) is 10.5 Å². The van der Waals surface area contributed by atoms with E-state index in [-0.39, 0.29) is 19.4 Å². The summed E-state index contributed by atoms with van der Waals surface area (Å²) in [6, 6.07) is 15.9. The number of primary amides is 1. The van der Waals surface area contributed by atoms with Gasteiger partial charge in [-0.15, -0.1) is 0 Å². The Balaban J connectivity index is 1.91. The lowest BCUT2D eigenvalue weighted by atomic mass is 10.1. The lowest BCUT2D eigenvalue weighted by molar-refractivity contribution is -0.123. The molecule has 0 unspecified atom stereocenters. The van der Waals surface area contributed by atoms with Crippen LogP contribution < -0.4 is 16.4 Å². The van der Waals surface area contributed by atoms with Gasteiger partial charge in [0, 0.05) is 13.0 Å². The second-order valence-corrected chi connectivity index (χ2v) is 6.41. The summed E-state index contributed by atoms with van der Waals surface area (Å²) in [6.07, 6.45) is -0.666. The molecule has 0 heterocycles. The summed E-state index contributed by atoms with van der Waals surface area (Å²) in [5.74, 6) is -0.947. The molecule has 0 saturated heterocycles. The summed E-state index contributed by atoms with van der Waals surface area (Å²) in [4.78, 5) is 35.7. The highest BCUT2D eigenvalue weighted by Gasteiger charge is 2.22. The normalized spacial score (nSPS) is 11.3. The third-order valence-corrected chi connectivity index (χ3v) is 4.22. The third-order valence-electron chi connectivity index (χ3n) is 4.22. The van der Waals surface area contributed by atoms with Crippen LogP contribution in [0.4, 0.5) is 4.79 Å². The van der Waals surface area contributed by atoms with E-state index in [0.29, 0.717) is 6.54 Å². The fourth-order valence-electron chi connectivity index (χ4n) is 2.58. The quantitative estimate of drug-likeness (QED) is 0.616. The lowest BCUT2D eigenvalue weighted by Crippen LogP contribution is -2.47. The molecule has 2 rings (SSSR count). The lowest BCUT2D eigenvalue weighted by Gasteiger charge is -2.18. The largest absolute Gasteiger partial charge is 0.445 e. The minimum Gasteiger partial charge on any atom is -0.445 e. The molecule has 28 heavy (non-hydrogen) atoms. The average Bonchev–Trinajstić information content (AvgIpc) is 2.69. The second kappa shape index (κ2) is 10.7. The number of amides is 3. The predicted octanol–water partition coefficient (Wildman–Crippen LogP) is 2.17. The van der Waals surface area contributed by atoms with Gasteiger partial charge in [-0.1, -0.05) is 54.6 Å². The van der Waals surface area contributed by atoms with Crippen LogP contribution >= 0.6 is 0 Å². The maximum atomic E-state index is 12.5. The van der Waals surface area contributed by atoms with Gasteiger partial charge in [-0.2, -0.15) is 0 Å². The van der Waals surface area contributed by atoms with Gasteiger partial charge in [0.1, 0.15) is 12.6 Å². The van der Waals surface area contributed by atoms with Gasteiger partial charge in [-0.05, 0) is 30.0 Å². The first-order chi connectivity index (χ1) is 13.5. The standard InChI is InChI=1S/C21H25N3O4/c1-15-7-5-6-10-17(15)13-23-20(26)18(11-12-19(22)25)24-21(27)28-14-16-8-3-2-4-9-16/h2-10,18H,11-14H2,1H3,(H2,22,25)(H,23,26)(H,24,27)/t18-/m0/s1. The smallest absolute Gasteiger partial charge is 0.408 e. The van der Waals surface area contributed by atoms with Crippen LogP contribution in [0.15, 0.2) is 54.6 Å². The molecular formula is C21H25N3O4. The molecule has 2 aromatic rings. The highest BCUT2D eigenvalue weighted by Crippen LogP contribution is 2.07. The van der Waals surface area contributed by atoms with Crippen LogP contribution in [-0.4, -0.2) is 23.9 Å². The molecule has 0 aliphatic rings. The summed E-state index contributed by atoms with van der Waals surface area (Å²) in [7, 11) is 0. The number of benzene rings is 2. The minimum atomic E-state index is -0.917. The van der Waals surface area contributed by atoms with Gasteiger partial charge < -0.3 is 21.1 Å². The Morgan fingerprint density at radius 2 is 1.71 bits per heavy atom. The number of nitrogens with two attached hydrogens (primary N) is 1. The van der Waals surface area contributed by atoms with Crippen LogP contribution in [0.1, 0.15) is 29.5 Å². The van der Waals surface area contributed by atoms with Gasteiger partial charge in [0.05, 0.1) is 0 Å². The van der Waals surface area contributed by atoms with Gasteiger partial charge in [-0.25, -0.2) is 4.79 Å². The van der Waals surface area contributed by atoms with Crippen LogP contribution in [0, 0.1) is 6.92 Å². The Hall–Kier alpha value is -3.35. The van der Waals surface area contributed by atoms with Crippen molar-refractivity contribution in [3.8, 4) is 0 Å². The summed E-state index contributed by atoms with van der Waals surface area (Å²) in [5.41, 5.74) is 8.02. The number of carbonyl (C=O) groups excluding carboxylic acids is 3. The molecule has 2 aromatic carbocycles.